The molecule has 0 radical (unpaired) electrons. The van der Waals surface area contributed by atoms with Crippen molar-refractivity contribution in [2.45, 2.75) is 51.2 Å². The number of fused-ring (bicyclic) bond motifs is 1. The van der Waals surface area contributed by atoms with Gasteiger partial charge >= 0.3 is 11.7 Å². The molecule has 0 fully saturated rings. The molecule has 0 spiro atoms. The molecule has 2 amide bonds. The number of hydrogen-bond acceptors (Lipinski definition) is 5. The van der Waals surface area contributed by atoms with Crippen molar-refractivity contribution in [2.75, 3.05) is 0 Å². The number of hydrogen-bond donors (Lipinski definition) is 4. The van der Waals surface area contributed by atoms with Crippen LogP contribution in [0.3, 0.4) is 0 Å². The largest absolute Gasteiger partial charge is 0.480 e. The number of para-hydroxylation sites is 1. The van der Waals surface area contributed by atoms with Crippen molar-refractivity contribution in [3.05, 3.63) is 117 Å². The van der Waals surface area contributed by atoms with Gasteiger partial charge in [0, 0.05) is 12.8 Å². The fraction of sp³-hybridized carbons (Fsp3) is 0.281. The number of H-pyrrole nitrogens is 1. The Morgan fingerprint density at radius 1 is 0.810 bits per heavy atom. The number of nitrogens with one attached hydrogen (secondary N) is 3. The lowest BCUT2D eigenvalue weighted by Gasteiger charge is -2.28. The number of aromatic amines is 1. The van der Waals surface area contributed by atoms with Crippen LogP contribution in [0.1, 0.15) is 37.4 Å². The molecule has 10 nitrogen and oxygen atoms in total. The average Bonchev–Trinajstić information content (AvgIpc) is 2.99. The number of aliphatic carboxylic acids is 1. The summed E-state index contributed by atoms with van der Waals surface area (Å²) in [4.78, 5) is 68.8. The summed E-state index contributed by atoms with van der Waals surface area (Å²) in [6, 6.07) is 20.7. The van der Waals surface area contributed by atoms with E-state index in [0.717, 1.165) is 10.1 Å². The quantitative estimate of drug-likeness (QED) is 0.206. The Labute approximate surface area is 242 Å². The van der Waals surface area contributed by atoms with Crippen molar-refractivity contribution >= 4 is 28.7 Å². The van der Waals surface area contributed by atoms with Crippen LogP contribution in [0.4, 0.5) is 0 Å². The van der Waals surface area contributed by atoms with Gasteiger partial charge in [0.25, 0.3) is 5.56 Å². The van der Waals surface area contributed by atoms with Crippen LogP contribution in [0.15, 0.2) is 94.5 Å². The van der Waals surface area contributed by atoms with E-state index in [0.29, 0.717) is 17.5 Å². The number of carbonyl (C=O) groups is 3. The lowest BCUT2D eigenvalue weighted by molar-refractivity contribution is -0.142. The minimum absolute atomic E-state index is 0.00854. The van der Waals surface area contributed by atoms with Crippen LogP contribution in [0.25, 0.3) is 10.9 Å². The fourth-order valence-electron chi connectivity index (χ4n) is 4.86. The summed E-state index contributed by atoms with van der Waals surface area (Å²) in [7, 11) is 0. The van der Waals surface area contributed by atoms with Crippen molar-refractivity contribution in [1.82, 2.24) is 20.2 Å². The van der Waals surface area contributed by atoms with Gasteiger partial charge in [-0.1, -0.05) is 93.1 Å². The van der Waals surface area contributed by atoms with Crippen molar-refractivity contribution in [3.63, 3.8) is 0 Å². The van der Waals surface area contributed by atoms with Crippen LogP contribution < -0.4 is 21.9 Å². The summed E-state index contributed by atoms with van der Waals surface area (Å²) in [5, 5.41) is 15.4. The molecule has 4 rings (SSSR count). The number of amides is 2. The van der Waals surface area contributed by atoms with E-state index < -0.39 is 47.2 Å². The lowest BCUT2D eigenvalue weighted by atomic mass is 9.96. The van der Waals surface area contributed by atoms with Gasteiger partial charge in [0.15, 0.2) is 0 Å². The summed E-state index contributed by atoms with van der Waals surface area (Å²) in [6.07, 6.45) is 0.560. The van der Waals surface area contributed by atoms with Gasteiger partial charge in [0.05, 0.1) is 10.9 Å². The molecule has 10 heteroatoms. The standard InChI is InChI=1S/C32H34N4O6/c1-3-20(2)27(29(38)33-25(31(40)41)18-21-12-6-4-7-13-21)35-28(37)26(19-22-14-8-5-9-15-22)36-30(39)23-16-10-11-17-24(23)34-32(36)42/h4-17,20,25-27H,3,18-19H2,1-2H3,(H,33,38)(H,34,42)(H,35,37)(H,40,41)/t20?,25-,26+,27+/m1/s1. The van der Waals surface area contributed by atoms with Crippen LogP contribution >= 0.6 is 0 Å². The number of carboxylic acid groups (broad SMARTS) is 1. The second-order valence-electron chi connectivity index (χ2n) is 10.3. The Bertz CT molecular complexity index is 1670. The van der Waals surface area contributed by atoms with Gasteiger partial charge in [-0.25, -0.2) is 14.2 Å². The molecule has 218 valence electrons. The zero-order chi connectivity index (χ0) is 30.2. The fourth-order valence-corrected chi connectivity index (χ4v) is 4.86. The summed E-state index contributed by atoms with van der Waals surface area (Å²) in [5.74, 6) is -2.97. The average molecular weight is 571 g/mol. The Kier molecular flexibility index (Phi) is 9.69. The Hall–Kier alpha value is -4.99. The van der Waals surface area contributed by atoms with Crippen LogP contribution in [0.2, 0.25) is 0 Å². The van der Waals surface area contributed by atoms with E-state index in [-0.39, 0.29) is 24.1 Å². The van der Waals surface area contributed by atoms with Gasteiger partial charge in [0.2, 0.25) is 11.8 Å². The third-order valence-corrected chi connectivity index (χ3v) is 7.41. The topological polar surface area (TPSA) is 150 Å². The smallest absolute Gasteiger partial charge is 0.329 e. The molecule has 42 heavy (non-hydrogen) atoms. The summed E-state index contributed by atoms with van der Waals surface area (Å²) in [5.41, 5.74) is 0.386. The Morgan fingerprint density at radius 2 is 1.38 bits per heavy atom. The lowest BCUT2D eigenvalue weighted by Crippen LogP contribution is -2.56. The first kappa shape index (κ1) is 30.0. The molecule has 0 saturated carbocycles. The van der Waals surface area contributed by atoms with Gasteiger partial charge in [-0.05, 0) is 29.2 Å². The Morgan fingerprint density at radius 3 is 1.98 bits per heavy atom. The van der Waals surface area contributed by atoms with Crippen LogP contribution in [0, 0.1) is 5.92 Å². The summed E-state index contributed by atoms with van der Waals surface area (Å²) in [6.45, 7) is 3.61. The van der Waals surface area contributed by atoms with E-state index >= 15 is 0 Å². The highest BCUT2D eigenvalue weighted by atomic mass is 16.4. The van der Waals surface area contributed by atoms with E-state index in [1.54, 1.807) is 79.7 Å². The molecule has 4 N–H and O–H groups in total. The zero-order valence-electron chi connectivity index (χ0n) is 23.4. The maximum Gasteiger partial charge on any atom is 0.329 e. The van der Waals surface area contributed by atoms with Gasteiger partial charge in [-0.2, -0.15) is 0 Å². The normalized spacial score (nSPS) is 14.0. The molecule has 1 aromatic heterocycles. The maximum absolute atomic E-state index is 13.9. The van der Waals surface area contributed by atoms with Crippen molar-refractivity contribution in [2.24, 2.45) is 5.92 Å². The minimum Gasteiger partial charge on any atom is -0.480 e. The molecule has 1 heterocycles. The van der Waals surface area contributed by atoms with Crippen molar-refractivity contribution in [1.29, 1.82) is 0 Å². The van der Waals surface area contributed by atoms with Crippen LogP contribution in [-0.2, 0) is 27.2 Å². The highest BCUT2D eigenvalue weighted by Gasteiger charge is 2.33. The van der Waals surface area contributed by atoms with Gasteiger partial charge in [-0.15, -0.1) is 0 Å². The molecule has 3 aromatic carbocycles. The van der Waals surface area contributed by atoms with Crippen LogP contribution in [-0.4, -0.2) is 44.5 Å². The van der Waals surface area contributed by atoms with E-state index in [4.69, 9.17) is 0 Å². The highest BCUT2D eigenvalue weighted by molar-refractivity contribution is 5.92. The first-order chi connectivity index (χ1) is 20.2. The van der Waals surface area contributed by atoms with Crippen molar-refractivity contribution in [3.8, 4) is 0 Å². The third kappa shape index (κ3) is 7.01. The molecule has 1 unspecified atom stereocenters. The molecule has 0 aliphatic heterocycles. The van der Waals surface area contributed by atoms with Gasteiger partial charge < -0.3 is 20.7 Å². The number of benzene rings is 3. The van der Waals surface area contributed by atoms with E-state index in [1.807, 2.05) is 19.1 Å². The Balaban J connectivity index is 1.67. The number of carbonyl (C=O) groups excluding carboxylic acids is 2. The monoisotopic (exact) mass is 570 g/mol. The van der Waals surface area contributed by atoms with Crippen molar-refractivity contribution < 1.29 is 19.5 Å². The molecular weight excluding hydrogens is 536 g/mol. The summed E-state index contributed by atoms with van der Waals surface area (Å²) < 4.78 is 0.881. The zero-order valence-corrected chi connectivity index (χ0v) is 23.4. The molecule has 0 bridgehead atoms. The van der Waals surface area contributed by atoms with E-state index in [2.05, 4.69) is 15.6 Å². The summed E-state index contributed by atoms with van der Waals surface area (Å²) >= 11 is 0. The molecule has 0 aliphatic carbocycles. The molecular formula is C32H34N4O6. The second kappa shape index (κ2) is 13.6. The van der Waals surface area contributed by atoms with Gasteiger partial charge in [-0.3, -0.25) is 14.4 Å². The van der Waals surface area contributed by atoms with E-state index in [9.17, 15) is 29.1 Å². The number of nitrogens with zero attached hydrogens (tertiary/aromatic N) is 1. The molecule has 0 aliphatic rings. The number of carboxylic acids is 1. The van der Waals surface area contributed by atoms with Gasteiger partial charge in [0.1, 0.15) is 18.1 Å². The second-order valence-corrected chi connectivity index (χ2v) is 10.3. The van der Waals surface area contributed by atoms with Crippen LogP contribution in [0.5, 0.6) is 0 Å². The SMILES string of the molecule is CCC(C)[C@H](NC(=O)[C@H](Cc1ccccc1)n1c(=O)[nH]c2ccccc2c1=O)C(=O)N[C@H](Cc1ccccc1)C(=O)O. The predicted octanol–water partition coefficient (Wildman–Crippen LogP) is 2.82. The molecule has 0 saturated heterocycles. The van der Waals surface area contributed by atoms with E-state index in [1.165, 1.54) is 0 Å². The maximum atomic E-state index is 13.9. The minimum atomic E-state index is -1.28. The number of aromatic nitrogens is 2. The third-order valence-electron chi connectivity index (χ3n) is 7.41. The highest BCUT2D eigenvalue weighted by Crippen LogP contribution is 2.16. The number of rotatable bonds is 12. The first-order valence-electron chi connectivity index (χ1n) is 13.8. The first-order valence-corrected chi connectivity index (χ1v) is 13.8. The molecule has 4 aromatic rings. The predicted molar refractivity (Wildman–Crippen MR) is 159 cm³/mol. The molecule has 4 atom stereocenters.